The molecule has 2 unspecified atom stereocenters. The molecule has 0 radical (unpaired) electrons. The van der Waals surface area contributed by atoms with E-state index in [2.05, 4.69) is 5.32 Å². The lowest BCUT2D eigenvalue weighted by Gasteiger charge is -2.32. The average molecular weight is 408 g/mol. The molecule has 3 rings (SSSR count). The Kier molecular flexibility index (Phi) is 7.35. The standard InChI is InChI=1S/C21H30FN3O2S/c1-15(2)20(16-5-7-17(22)8-6-16)23-19(26)14-25-9-3-4-18(25)21(27)24-10-12-28-13-11-24/h5-8,15,18,20H,3-4,9-14H2,1-2H3,(H,23,26). The number of thioether (sulfide) groups is 1. The van der Waals surface area contributed by atoms with Crippen LogP contribution < -0.4 is 5.32 Å². The van der Waals surface area contributed by atoms with Crippen LogP contribution >= 0.6 is 11.8 Å². The van der Waals surface area contributed by atoms with Gasteiger partial charge in [-0.1, -0.05) is 26.0 Å². The smallest absolute Gasteiger partial charge is 0.239 e. The normalized spacial score (nSPS) is 21.7. The second-order valence-corrected chi connectivity index (χ2v) is 9.13. The van der Waals surface area contributed by atoms with E-state index in [0.29, 0.717) is 0 Å². The molecule has 0 saturated carbocycles. The molecule has 154 valence electrons. The number of likely N-dealkylation sites (tertiary alicyclic amines) is 1. The van der Waals surface area contributed by atoms with Crippen molar-refractivity contribution >= 4 is 23.6 Å². The van der Waals surface area contributed by atoms with Crippen LogP contribution in [0, 0.1) is 11.7 Å². The molecule has 0 spiro atoms. The van der Waals surface area contributed by atoms with Gasteiger partial charge in [-0.3, -0.25) is 14.5 Å². The summed E-state index contributed by atoms with van der Waals surface area (Å²) in [5.74, 6) is 1.96. The molecule has 2 heterocycles. The van der Waals surface area contributed by atoms with Gasteiger partial charge in [-0.25, -0.2) is 4.39 Å². The summed E-state index contributed by atoms with van der Waals surface area (Å²) >= 11 is 1.88. The van der Waals surface area contributed by atoms with E-state index in [0.717, 1.165) is 49.5 Å². The molecule has 2 aliphatic heterocycles. The third-order valence-corrected chi connectivity index (χ3v) is 6.47. The molecule has 2 saturated heterocycles. The topological polar surface area (TPSA) is 52.7 Å². The molecule has 0 aromatic heterocycles. The highest BCUT2D eigenvalue weighted by atomic mass is 32.2. The van der Waals surface area contributed by atoms with Gasteiger partial charge < -0.3 is 10.2 Å². The largest absolute Gasteiger partial charge is 0.348 e. The van der Waals surface area contributed by atoms with Gasteiger partial charge in [0.15, 0.2) is 0 Å². The summed E-state index contributed by atoms with van der Waals surface area (Å²) in [6.45, 7) is 6.68. The van der Waals surface area contributed by atoms with Crippen molar-refractivity contribution < 1.29 is 14.0 Å². The lowest BCUT2D eigenvalue weighted by atomic mass is 9.96. The first-order chi connectivity index (χ1) is 13.5. The predicted molar refractivity (Wildman–Crippen MR) is 111 cm³/mol. The van der Waals surface area contributed by atoms with Gasteiger partial charge in [-0.15, -0.1) is 0 Å². The molecule has 2 atom stereocenters. The van der Waals surface area contributed by atoms with Gasteiger partial charge >= 0.3 is 0 Å². The predicted octanol–water partition coefficient (Wildman–Crippen LogP) is 2.68. The summed E-state index contributed by atoms with van der Waals surface area (Å²) in [6.07, 6.45) is 1.76. The molecule has 28 heavy (non-hydrogen) atoms. The van der Waals surface area contributed by atoms with Crippen LogP contribution in [0.15, 0.2) is 24.3 Å². The molecule has 2 amide bonds. The van der Waals surface area contributed by atoms with Crippen LogP contribution in [0.4, 0.5) is 4.39 Å². The van der Waals surface area contributed by atoms with E-state index in [-0.39, 0.29) is 42.2 Å². The second-order valence-electron chi connectivity index (χ2n) is 7.91. The summed E-state index contributed by atoms with van der Waals surface area (Å²) in [5.41, 5.74) is 0.893. The van der Waals surface area contributed by atoms with Crippen molar-refractivity contribution in [3.8, 4) is 0 Å². The number of hydrogen-bond donors (Lipinski definition) is 1. The van der Waals surface area contributed by atoms with Crippen LogP contribution in [0.1, 0.15) is 38.3 Å². The highest BCUT2D eigenvalue weighted by molar-refractivity contribution is 7.99. The molecule has 0 bridgehead atoms. The molecular formula is C21H30FN3O2S. The van der Waals surface area contributed by atoms with Gasteiger partial charge in [-0.05, 0) is 43.0 Å². The molecule has 7 heteroatoms. The summed E-state index contributed by atoms with van der Waals surface area (Å²) < 4.78 is 13.2. The van der Waals surface area contributed by atoms with Gasteiger partial charge in [0, 0.05) is 24.6 Å². The van der Waals surface area contributed by atoms with E-state index in [4.69, 9.17) is 0 Å². The van der Waals surface area contributed by atoms with Crippen LogP contribution in [0.5, 0.6) is 0 Å². The number of carbonyl (C=O) groups is 2. The van der Waals surface area contributed by atoms with Crippen molar-refractivity contribution in [3.63, 3.8) is 0 Å². The minimum Gasteiger partial charge on any atom is -0.348 e. The summed E-state index contributed by atoms with van der Waals surface area (Å²) in [4.78, 5) is 29.6. The van der Waals surface area contributed by atoms with Crippen molar-refractivity contribution in [2.45, 2.75) is 38.8 Å². The number of benzene rings is 1. The first-order valence-electron chi connectivity index (χ1n) is 10.1. The molecule has 2 aliphatic rings. The molecule has 5 nitrogen and oxygen atoms in total. The Hall–Kier alpha value is -1.60. The summed E-state index contributed by atoms with van der Waals surface area (Å²) in [7, 11) is 0. The summed E-state index contributed by atoms with van der Waals surface area (Å²) in [5, 5.41) is 3.09. The van der Waals surface area contributed by atoms with Gasteiger partial charge in [0.2, 0.25) is 11.8 Å². The van der Waals surface area contributed by atoms with Crippen molar-refractivity contribution in [2.24, 2.45) is 5.92 Å². The maximum Gasteiger partial charge on any atom is 0.239 e. The Bertz CT molecular complexity index is 677. The van der Waals surface area contributed by atoms with E-state index in [1.54, 1.807) is 12.1 Å². The van der Waals surface area contributed by atoms with Crippen LogP contribution in [-0.2, 0) is 9.59 Å². The number of halogens is 1. The zero-order valence-corrected chi connectivity index (χ0v) is 17.5. The maximum absolute atomic E-state index is 13.2. The molecule has 1 aromatic rings. The van der Waals surface area contributed by atoms with E-state index >= 15 is 0 Å². The first-order valence-corrected chi connectivity index (χ1v) is 11.3. The second kappa shape index (κ2) is 9.74. The van der Waals surface area contributed by atoms with Crippen molar-refractivity contribution in [2.75, 3.05) is 37.7 Å². The number of nitrogens with zero attached hydrogens (tertiary/aromatic N) is 2. The van der Waals surface area contributed by atoms with Crippen molar-refractivity contribution in [3.05, 3.63) is 35.6 Å². The Labute approximate surface area is 171 Å². The minimum atomic E-state index is -0.285. The number of carbonyl (C=O) groups excluding carboxylic acids is 2. The summed E-state index contributed by atoms with van der Waals surface area (Å²) in [6, 6.07) is 5.92. The Morgan fingerprint density at radius 2 is 1.86 bits per heavy atom. The number of amides is 2. The molecular weight excluding hydrogens is 377 g/mol. The first kappa shape index (κ1) is 21.1. The highest BCUT2D eigenvalue weighted by Crippen LogP contribution is 2.24. The third-order valence-electron chi connectivity index (χ3n) is 5.53. The average Bonchev–Trinajstić information content (AvgIpc) is 3.15. The monoisotopic (exact) mass is 407 g/mol. The van der Waals surface area contributed by atoms with E-state index in [1.807, 2.05) is 35.4 Å². The fraction of sp³-hybridized carbons (Fsp3) is 0.619. The van der Waals surface area contributed by atoms with Crippen LogP contribution in [0.3, 0.4) is 0 Å². The van der Waals surface area contributed by atoms with Crippen LogP contribution in [0.2, 0.25) is 0 Å². The maximum atomic E-state index is 13.2. The Morgan fingerprint density at radius 1 is 1.18 bits per heavy atom. The van der Waals surface area contributed by atoms with Crippen LogP contribution in [0.25, 0.3) is 0 Å². The fourth-order valence-electron chi connectivity index (χ4n) is 4.00. The number of rotatable bonds is 6. The van der Waals surface area contributed by atoms with Crippen molar-refractivity contribution in [1.82, 2.24) is 15.1 Å². The van der Waals surface area contributed by atoms with Gasteiger partial charge in [0.25, 0.3) is 0 Å². The molecule has 2 fully saturated rings. The van der Waals surface area contributed by atoms with E-state index in [9.17, 15) is 14.0 Å². The highest BCUT2D eigenvalue weighted by Gasteiger charge is 2.35. The van der Waals surface area contributed by atoms with Gasteiger partial charge in [0.1, 0.15) is 5.82 Å². The zero-order valence-electron chi connectivity index (χ0n) is 16.7. The SMILES string of the molecule is CC(C)C(NC(=O)CN1CCCC1C(=O)N1CCSCC1)c1ccc(F)cc1. The van der Waals surface area contributed by atoms with Gasteiger partial charge in [-0.2, -0.15) is 11.8 Å². The number of nitrogens with one attached hydrogen (secondary N) is 1. The van der Waals surface area contributed by atoms with E-state index in [1.165, 1.54) is 12.1 Å². The van der Waals surface area contributed by atoms with Crippen molar-refractivity contribution in [1.29, 1.82) is 0 Å². The fourth-order valence-corrected chi connectivity index (χ4v) is 4.90. The molecule has 1 aromatic carbocycles. The number of hydrogen-bond acceptors (Lipinski definition) is 4. The minimum absolute atomic E-state index is 0.0862. The molecule has 0 aliphatic carbocycles. The van der Waals surface area contributed by atoms with Gasteiger partial charge in [0.05, 0.1) is 18.6 Å². The lowest BCUT2D eigenvalue weighted by molar-refractivity contribution is -0.136. The zero-order chi connectivity index (χ0) is 20.1. The third kappa shape index (κ3) is 5.26. The molecule has 1 N–H and O–H groups in total. The Balaban J connectivity index is 1.60. The Morgan fingerprint density at radius 3 is 2.50 bits per heavy atom. The quantitative estimate of drug-likeness (QED) is 0.788. The van der Waals surface area contributed by atoms with E-state index < -0.39 is 0 Å². The van der Waals surface area contributed by atoms with Crippen LogP contribution in [-0.4, -0.2) is 65.3 Å². The lowest BCUT2D eigenvalue weighted by Crippen LogP contribution is -2.50.